The Labute approximate surface area is 192 Å². The first-order valence-corrected chi connectivity index (χ1v) is 10.9. The normalized spacial score (nSPS) is 13.7. The first kappa shape index (κ1) is 19.1. The lowest BCUT2D eigenvalue weighted by atomic mass is 10.0. The minimum atomic E-state index is 0.746. The van der Waals surface area contributed by atoms with Crippen molar-refractivity contribution in [3.05, 3.63) is 133 Å². The van der Waals surface area contributed by atoms with Crippen molar-refractivity contribution in [2.24, 2.45) is 10.1 Å². The topological polar surface area (TPSA) is 42.5 Å². The van der Waals surface area contributed by atoms with E-state index in [1.54, 1.807) is 0 Å². The van der Waals surface area contributed by atoms with E-state index in [0.717, 1.165) is 51.0 Å². The van der Waals surface area contributed by atoms with Gasteiger partial charge in [0.2, 0.25) is 0 Å². The second-order valence-electron chi connectivity index (χ2n) is 7.79. The maximum atomic E-state index is 5.11. The molecule has 0 N–H and O–H groups in total. The molecule has 0 fully saturated rings. The average Bonchev–Trinajstić information content (AvgIpc) is 3.43. The van der Waals surface area contributed by atoms with Crippen LogP contribution < -0.4 is 0 Å². The van der Waals surface area contributed by atoms with Gasteiger partial charge in [-0.2, -0.15) is 5.10 Å². The van der Waals surface area contributed by atoms with Gasteiger partial charge < -0.3 is 0 Å². The van der Waals surface area contributed by atoms with Gasteiger partial charge in [-0.05, 0) is 12.1 Å². The van der Waals surface area contributed by atoms with Crippen molar-refractivity contribution < 1.29 is 0 Å². The van der Waals surface area contributed by atoms with E-state index in [9.17, 15) is 0 Å². The molecule has 156 valence electrons. The quantitative estimate of drug-likeness (QED) is 0.320. The third kappa shape index (κ3) is 3.48. The highest BCUT2D eigenvalue weighted by molar-refractivity contribution is 6.54. The molecule has 4 nitrogen and oxygen atoms in total. The van der Waals surface area contributed by atoms with Gasteiger partial charge >= 0.3 is 0 Å². The lowest BCUT2D eigenvalue weighted by Gasteiger charge is -2.06. The first-order chi connectivity index (χ1) is 16.4. The Bertz CT molecular complexity index is 1470. The van der Waals surface area contributed by atoms with Crippen LogP contribution in [0.4, 0.5) is 5.69 Å². The number of hydrogen-bond donors (Lipinski definition) is 0. The molecule has 0 unspecified atom stereocenters. The van der Waals surface area contributed by atoms with Gasteiger partial charge in [0.15, 0.2) is 5.82 Å². The monoisotopic (exact) mass is 424 g/mol. The molecule has 2 heterocycles. The lowest BCUT2D eigenvalue weighted by Crippen LogP contribution is -2.13. The minimum absolute atomic E-state index is 0.746. The van der Waals surface area contributed by atoms with Crippen LogP contribution in [-0.4, -0.2) is 21.1 Å². The number of nitrogens with zero attached hydrogens (tertiary/aromatic N) is 4. The molecular weight excluding hydrogens is 404 g/mol. The Balaban J connectivity index is 1.64. The molecule has 1 aliphatic heterocycles. The molecule has 1 aliphatic rings. The fraction of sp³-hybridized carbons (Fsp3) is 0. The highest BCUT2D eigenvalue weighted by Gasteiger charge is 2.31. The molecule has 4 aromatic carbocycles. The molecular formula is C29H20N4. The Morgan fingerprint density at radius 1 is 0.545 bits per heavy atom. The molecule has 6 rings (SSSR count). The predicted molar refractivity (Wildman–Crippen MR) is 134 cm³/mol. The molecule has 0 saturated heterocycles. The Morgan fingerprint density at radius 3 is 1.67 bits per heavy atom. The van der Waals surface area contributed by atoms with Gasteiger partial charge in [-0.25, -0.2) is 14.7 Å². The number of benzene rings is 4. The summed E-state index contributed by atoms with van der Waals surface area (Å²) < 4.78 is 1.95. The standard InChI is InChI=1S/C29H20N4/c1-5-13-21(14-6-1)25-27(30-24-19-11-4-12-20-24)29-31-26(22-15-7-2-8-16-22)28(33(29)32-25)23-17-9-3-10-18-23/h1-20H/b30-27-. The number of aliphatic imine (C=N–C) groups is 1. The molecule has 4 heteroatoms. The molecule has 0 atom stereocenters. The molecule has 0 spiro atoms. The molecule has 5 aromatic rings. The number of para-hydroxylation sites is 1. The fourth-order valence-electron chi connectivity index (χ4n) is 4.09. The second-order valence-corrected chi connectivity index (χ2v) is 7.79. The van der Waals surface area contributed by atoms with E-state index in [-0.39, 0.29) is 0 Å². The highest BCUT2D eigenvalue weighted by atomic mass is 15.4. The molecule has 0 saturated carbocycles. The number of aromatic nitrogens is 2. The van der Waals surface area contributed by atoms with Gasteiger partial charge in [-0.15, -0.1) is 0 Å². The minimum Gasteiger partial charge on any atom is -0.243 e. The van der Waals surface area contributed by atoms with Crippen molar-refractivity contribution in [2.45, 2.75) is 0 Å². The van der Waals surface area contributed by atoms with Crippen LogP contribution in [0.25, 0.3) is 22.5 Å². The van der Waals surface area contributed by atoms with E-state index in [0.29, 0.717) is 0 Å². The summed E-state index contributed by atoms with van der Waals surface area (Å²) in [6.07, 6.45) is 0. The van der Waals surface area contributed by atoms with E-state index in [4.69, 9.17) is 15.1 Å². The van der Waals surface area contributed by atoms with Crippen LogP contribution in [0.1, 0.15) is 11.4 Å². The van der Waals surface area contributed by atoms with Crippen molar-refractivity contribution in [3.63, 3.8) is 0 Å². The summed E-state index contributed by atoms with van der Waals surface area (Å²) in [5.41, 5.74) is 7.44. The Morgan fingerprint density at radius 2 is 1.06 bits per heavy atom. The fourth-order valence-corrected chi connectivity index (χ4v) is 4.09. The number of fused-ring (bicyclic) bond motifs is 1. The van der Waals surface area contributed by atoms with E-state index < -0.39 is 0 Å². The first-order valence-electron chi connectivity index (χ1n) is 10.9. The number of imidazole rings is 1. The van der Waals surface area contributed by atoms with E-state index in [1.807, 2.05) is 89.6 Å². The summed E-state index contributed by atoms with van der Waals surface area (Å²) in [4.78, 5) is 10.1. The maximum Gasteiger partial charge on any atom is 0.183 e. The largest absolute Gasteiger partial charge is 0.243 e. The third-order valence-corrected chi connectivity index (χ3v) is 5.63. The molecule has 0 radical (unpaired) electrons. The van der Waals surface area contributed by atoms with Crippen LogP contribution in [0.2, 0.25) is 0 Å². The summed E-state index contributed by atoms with van der Waals surface area (Å²) in [5, 5.41) is 5.06. The summed E-state index contributed by atoms with van der Waals surface area (Å²) in [7, 11) is 0. The zero-order valence-electron chi connectivity index (χ0n) is 17.8. The van der Waals surface area contributed by atoms with Crippen molar-refractivity contribution >= 4 is 17.1 Å². The predicted octanol–water partition coefficient (Wildman–Crippen LogP) is 6.60. The lowest BCUT2D eigenvalue weighted by molar-refractivity contribution is 0.892. The van der Waals surface area contributed by atoms with Crippen LogP contribution in [-0.2, 0) is 0 Å². The van der Waals surface area contributed by atoms with E-state index in [1.165, 1.54) is 0 Å². The summed E-state index contributed by atoms with van der Waals surface area (Å²) in [6, 6.07) is 40.7. The van der Waals surface area contributed by atoms with Gasteiger partial charge in [0.05, 0.1) is 11.4 Å². The molecule has 1 aromatic heterocycles. The van der Waals surface area contributed by atoms with Crippen molar-refractivity contribution in [1.29, 1.82) is 0 Å². The summed E-state index contributed by atoms with van der Waals surface area (Å²) >= 11 is 0. The second kappa shape index (κ2) is 8.17. The van der Waals surface area contributed by atoms with Gasteiger partial charge in [0, 0.05) is 16.7 Å². The summed E-state index contributed by atoms with van der Waals surface area (Å²) in [5.74, 6) is 0.746. The van der Waals surface area contributed by atoms with Crippen LogP contribution >= 0.6 is 0 Å². The van der Waals surface area contributed by atoms with Crippen LogP contribution in [0.5, 0.6) is 0 Å². The third-order valence-electron chi connectivity index (χ3n) is 5.63. The van der Waals surface area contributed by atoms with Crippen LogP contribution in [0.3, 0.4) is 0 Å². The van der Waals surface area contributed by atoms with Crippen molar-refractivity contribution in [3.8, 4) is 22.5 Å². The maximum absolute atomic E-state index is 5.11. The van der Waals surface area contributed by atoms with Crippen molar-refractivity contribution in [2.75, 3.05) is 0 Å². The van der Waals surface area contributed by atoms with Gasteiger partial charge in [-0.1, -0.05) is 109 Å². The van der Waals surface area contributed by atoms with E-state index in [2.05, 4.69) is 36.4 Å². The smallest absolute Gasteiger partial charge is 0.183 e. The molecule has 0 aliphatic carbocycles. The molecule has 0 amide bonds. The number of rotatable bonds is 4. The SMILES string of the molecule is c1ccc(/N=C2/C(c3ccccc3)=Nn3c2nc(-c2ccccc2)c3-c2ccccc2)cc1. The Kier molecular flexibility index (Phi) is 4.74. The Hall–Kier alpha value is -4.57. The van der Waals surface area contributed by atoms with Gasteiger partial charge in [-0.3, -0.25) is 0 Å². The highest BCUT2D eigenvalue weighted by Crippen LogP contribution is 2.36. The number of hydrogen-bond acceptors (Lipinski definition) is 3. The van der Waals surface area contributed by atoms with Gasteiger partial charge in [0.1, 0.15) is 17.1 Å². The van der Waals surface area contributed by atoms with Crippen LogP contribution in [0.15, 0.2) is 131 Å². The van der Waals surface area contributed by atoms with Gasteiger partial charge in [0.25, 0.3) is 0 Å². The molecule has 0 bridgehead atoms. The van der Waals surface area contributed by atoms with E-state index >= 15 is 0 Å². The zero-order valence-corrected chi connectivity index (χ0v) is 17.8. The summed E-state index contributed by atoms with van der Waals surface area (Å²) in [6.45, 7) is 0. The molecule has 33 heavy (non-hydrogen) atoms. The van der Waals surface area contributed by atoms with Crippen LogP contribution in [0, 0.1) is 0 Å². The zero-order chi connectivity index (χ0) is 22.0. The average molecular weight is 425 g/mol. The van der Waals surface area contributed by atoms with Crippen molar-refractivity contribution in [1.82, 2.24) is 9.66 Å².